The van der Waals surface area contributed by atoms with Crippen LogP contribution in [0.15, 0.2) is 12.1 Å². The largest absolute Gasteiger partial charge is 0.381 e. The molecular formula is C12H17ClN4O2. The highest BCUT2D eigenvalue weighted by Crippen LogP contribution is 2.19. The molecule has 0 unspecified atom stereocenters. The van der Waals surface area contributed by atoms with E-state index in [9.17, 15) is 4.79 Å². The summed E-state index contributed by atoms with van der Waals surface area (Å²) in [6, 6.07) is 3.14. The summed E-state index contributed by atoms with van der Waals surface area (Å²) >= 11 is 5.86. The minimum absolute atomic E-state index is 0.0599. The quantitative estimate of drug-likeness (QED) is 0.496. The molecule has 3 N–H and O–H groups in total. The number of halogens is 1. The highest BCUT2D eigenvalue weighted by Gasteiger charge is 2.23. The van der Waals surface area contributed by atoms with Gasteiger partial charge in [-0.05, 0) is 25.0 Å². The Bertz CT molecular complexity index is 461. The fourth-order valence-electron chi connectivity index (χ4n) is 2.17. The molecule has 0 bridgehead atoms. The number of hydrazine groups is 1. The monoisotopic (exact) mass is 284 g/mol. The number of carbonyl (C=O) groups excluding carboxylic acids is 1. The van der Waals surface area contributed by atoms with Crippen molar-refractivity contribution in [3.05, 3.63) is 22.8 Å². The molecule has 0 radical (unpaired) electrons. The second-order valence-electron chi connectivity index (χ2n) is 4.44. The normalized spacial score (nSPS) is 16.5. The SMILES string of the molecule is COC1CCN(C(=O)c2cc(Cl)nc(NN)c2)CC1. The van der Waals surface area contributed by atoms with Crippen LogP contribution < -0.4 is 11.3 Å². The number of ether oxygens (including phenoxy) is 1. The Morgan fingerprint density at radius 3 is 2.79 bits per heavy atom. The minimum atomic E-state index is -0.0599. The van der Waals surface area contributed by atoms with E-state index in [0.717, 1.165) is 12.8 Å². The van der Waals surface area contributed by atoms with Crippen molar-refractivity contribution in [1.29, 1.82) is 0 Å². The van der Waals surface area contributed by atoms with Gasteiger partial charge in [0, 0.05) is 25.8 Å². The Balaban J connectivity index is 2.09. The lowest BCUT2D eigenvalue weighted by Gasteiger charge is -2.31. The first kappa shape index (κ1) is 14.0. The Kier molecular flexibility index (Phi) is 4.57. The van der Waals surface area contributed by atoms with E-state index < -0.39 is 0 Å². The predicted molar refractivity (Wildman–Crippen MR) is 73.0 cm³/mol. The van der Waals surface area contributed by atoms with Gasteiger partial charge in [0.05, 0.1) is 6.10 Å². The smallest absolute Gasteiger partial charge is 0.254 e. The minimum Gasteiger partial charge on any atom is -0.381 e. The van der Waals surface area contributed by atoms with Gasteiger partial charge in [0.15, 0.2) is 0 Å². The van der Waals surface area contributed by atoms with Crippen molar-refractivity contribution in [2.75, 3.05) is 25.6 Å². The third-order valence-electron chi connectivity index (χ3n) is 3.25. The van der Waals surface area contributed by atoms with Gasteiger partial charge in [-0.3, -0.25) is 4.79 Å². The number of nitrogens with two attached hydrogens (primary N) is 1. The number of likely N-dealkylation sites (tertiary alicyclic amines) is 1. The fraction of sp³-hybridized carbons (Fsp3) is 0.500. The van der Waals surface area contributed by atoms with Crippen LogP contribution in [0, 0.1) is 0 Å². The number of pyridine rings is 1. The van der Waals surface area contributed by atoms with Crippen LogP contribution in [0.1, 0.15) is 23.2 Å². The number of nitrogens with one attached hydrogen (secondary N) is 1. The summed E-state index contributed by atoms with van der Waals surface area (Å²) in [5.41, 5.74) is 2.89. The molecule has 1 saturated heterocycles. The molecule has 1 aliphatic rings. The lowest BCUT2D eigenvalue weighted by molar-refractivity contribution is 0.0351. The Hall–Kier alpha value is -1.37. The van der Waals surface area contributed by atoms with Crippen LogP contribution in [0.4, 0.5) is 5.82 Å². The van der Waals surface area contributed by atoms with E-state index in [0.29, 0.717) is 24.5 Å². The summed E-state index contributed by atoms with van der Waals surface area (Å²) < 4.78 is 5.28. The number of hydrogen-bond donors (Lipinski definition) is 2. The van der Waals surface area contributed by atoms with E-state index in [4.69, 9.17) is 22.2 Å². The van der Waals surface area contributed by atoms with E-state index in [1.54, 1.807) is 24.1 Å². The van der Waals surface area contributed by atoms with Crippen molar-refractivity contribution < 1.29 is 9.53 Å². The highest BCUT2D eigenvalue weighted by atomic mass is 35.5. The first-order chi connectivity index (χ1) is 9.13. The molecule has 0 atom stereocenters. The second-order valence-corrected chi connectivity index (χ2v) is 4.82. The number of methoxy groups -OCH3 is 1. The van der Waals surface area contributed by atoms with Crippen molar-refractivity contribution in [3.63, 3.8) is 0 Å². The van der Waals surface area contributed by atoms with Crippen molar-refractivity contribution in [1.82, 2.24) is 9.88 Å². The molecule has 7 heteroatoms. The molecular weight excluding hydrogens is 268 g/mol. The molecule has 19 heavy (non-hydrogen) atoms. The van der Waals surface area contributed by atoms with Crippen molar-refractivity contribution >= 4 is 23.3 Å². The Morgan fingerprint density at radius 1 is 1.53 bits per heavy atom. The zero-order valence-electron chi connectivity index (χ0n) is 10.7. The molecule has 1 aromatic rings. The molecule has 0 aliphatic carbocycles. The highest BCUT2D eigenvalue weighted by molar-refractivity contribution is 6.29. The molecule has 0 aromatic carbocycles. The summed E-state index contributed by atoms with van der Waals surface area (Å²) in [4.78, 5) is 18.1. The van der Waals surface area contributed by atoms with Gasteiger partial charge < -0.3 is 15.1 Å². The fourth-order valence-corrected chi connectivity index (χ4v) is 2.38. The van der Waals surface area contributed by atoms with Crippen LogP contribution in [0.3, 0.4) is 0 Å². The van der Waals surface area contributed by atoms with Gasteiger partial charge in [-0.2, -0.15) is 0 Å². The molecule has 1 aromatic heterocycles. The zero-order chi connectivity index (χ0) is 13.8. The van der Waals surface area contributed by atoms with Crippen LogP contribution in [-0.2, 0) is 4.74 Å². The molecule has 2 rings (SSSR count). The Labute approximate surface area is 116 Å². The third kappa shape index (κ3) is 3.34. The number of piperidine rings is 1. The van der Waals surface area contributed by atoms with Gasteiger partial charge in [0.1, 0.15) is 11.0 Å². The standard InChI is InChI=1S/C12H17ClN4O2/c1-19-9-2-4-17(5-3-9)12(18)8-6-10(13)15-11(7-8)16-14/h6-7,9H,2-5,14H2,1H3,(H,15,16). The summed E-state index contributed by atoms with van der Waals surface area (Å²) in [6.07, 6.45) is 1.94. The van der Waals surface area contributed by atoms with Crippen LogP contribution in [0.25, 0.3) is 0 Å². The number of nitrogens with zero attached hydrogens (tertiary/aromatic N) is 2. The summed E-state index contributed by atoms with van der Waals surface area (Å²) in [5.74, 6) is 5.61. The maximum atomic E-state index is 12.3. The number of rotatable bonds is 3. The molecule has 1 aliphatic heterocycles. The van der Waals surface area contributed by atoms with E-state index in [1.165, 1.54) is 0 Å². The number of hydrogen-bond acceptors (Lipinski definition) is 5. The van der Waals surface area contributed by atoms with Gasteiger partial charge in [0.25, 0.3) is 5.91 Å². The molecule has 0 spiro atoms. The van der Waals surface area contributed by atoms with Gasteiger partial charge in [-0.15, -0.1) is 0 Å². The third-order valence-corrected chi connectivity index (χ3v) is 3.45. The topological polar surface area (TPSA) is 80.5 Å². The van der Waals surface area contributed by atoms with E-state index in [-0.39, 0.29) is 17.2 Å². The summed E-state index contributed by atoms with van der Waals surface area (Å²) in [7, 11) is 1.70. The maximum absolute atomic E-state index is 12.3. The Morgan fingerprint density at radius 2 is 2.21 bits per heavy atom. The predicted octanol–water partition coefficient (Wildman–Crippen LogP) is 1.27. The molecule has 6 nitrogen and oxygen atoms in total. The van der Waals surface area contributed by atoms with Crippen molar-refractivity contribution in [2.24, 2.45) is 5.84 Å². The molecule has 0 saturated carbocycles. The number of aromatic nitrogens is 1. The van der Waals surface area contributed by atoms with Gasteiger partial charge in [-0.25, -0.2) is 10.8 Å². The van der Waals surface area contributed by atoms with Gasteiger partial charge in [0.2, 0.25) is 0 Å². The number of nitrogen functional groups attached to an aromatic ring is 1. The van der Waals surface area contributed by atoms with Crippen LogP contribution >= 0.6 is 11.6 Å². The van der Waals surface area contributed by atoms with Crippen LogP contribution in [0.2, 0.25) is 5.15 Å². The molecule has 104 valence electrons. The van der Waals surface area contributed by atoms with E-state index >= 15 is 0 Å². The zero-order valence-corrected chi connectivity index (χ0v) is 11.5. The average molecular weight is 285 g/mol. The maximum Gasteiger partial charge on any atom is 0.254 e. The van der Waals surface area contributed by atoms with Crippen molar-refractivity contribution in [2.45, 2.75) is 18.9 Å². The van der Waals surface area contributed by atoms with Crippen molar-refractivity contribution in [3.8, 4) is 0 Å². The number of anilines is 1. The van der Waals surface area contributed by atoms with Gasteiger partial charge >= 0.3 is 0 Å². The number of carbonyl (C=O) groups is 1. The first-order valence-electron chi connectivity index (χ1n) is 6.10. The molecule has 2 heterocycles. The van der Waals surface area contributed by atoms with Gasteiger partial charge in [-0.1, -0.05) is 11.6 Å². The second kappa shape index (κ2) is 6.18. The summed E-state index contributed by atoms with van der Waals surface area (Å²) in [6.45, 7) is 1.37. The molecule has 1 fully saturated rings. The summed E-state index contributed by atoms with van der Waals surface area (Å²) in [5, 5.41) is 0.241. The van der Waals surface area contributed by atoms with E-state index in [1.807, 2.05) is 0 Å². The number of amides is 1. The van der Waals surface area contributed by atoms with E-state index in [2.05, 4.69) is 10.4 Å². The average Bonchev–Trinajstić information content (AvgIpc) is 2.46. The lowest BCUT2D eigenvalue weighted by atomic mass is 10.1. The van der Waals surface area contributed by atoms with Crippen LogP contribution in [0.5, 0.6) is 0 Å². The van der Waals surface area contributed by atoms with Crippen LogP contribution in [-0.4, -0.2) is 42.1 Å². The first-order valence-corrected chi connectivity index (χ1v) is 6.48. The molecule has 1 amide bonds. The lowest BCUT2D eigenvalue weighted by Crippen LogP contribution is -2.40.